The van der Waals surface area contributed by atoms with Gasteiger partial charge in [-0.15, -0.1) is 11.6 Å². The third-order valence-corrected chi connectivity index (χ3v) is 2.99. The van der Waals surface area contributed by atoms with Gasteiger partial charge >= 0.3 is 0 Å². The van der Waals surface area contributed by atoms with Gasteiger partial charge < -0.3 is 5.73 Å². The fourth-order valence-corrected chi connectivity index (χ4v) is 2.06. The molecule has 0 spiro atoms. The molecule has 0 radical (unpaired) electrons. The summed E-state index contributed by atoms with van der Waals surface area (Å²) >= 11 is 5.36. The zero-order chi connectivity index (χ0) is 9.45. The van der Waals surface area contributed by atoms with Gasteiger partial charge in [0, 0.05) is 12.4 Å². The van der Waals surface area contributed by atoms with E-state index >= 15 is 0 Å². The fraction of sp³-hybridized carbons (Fsp3) is 1.00. The van der Waals surface area contributed by atoms with Gasteiger partial charge in [0.2, 0.25) is 10.0 Å². The van der Waals surface area contributed by atoms with Crippen LogP contribution in [0, 0.1) is 0 Å². The minimum Gasteiger partial charge on any atom is -0.330 e. The van der Waals surface area contributed by atoms with Crippen LogP contribution >= 0.6 is 11.6 Å². The monoisotopic (exact) mass is 214 g/mol. The van der Waals surface area contributed by atoms with E-state index in [0.29, 0.717) is 31.8 Å². The Morgan fingerprint density at radius 2 is 2.00 bits per heavy atom. The Morgan fingerprint density at radius 3 is 2.50 bits per heavy atom. The van der Waals surface area contributed by atoms with Crippen molar-refractivity contribution in [3.63, 3.8) is 0 Å². The maximum atomic E-state index is 11.1. The molecule has 0 rings (SSSR count). The quantitative estimate of drug-likeness (QED) is 0.459. The average molecular weight is 215 g/mol. The molecule has 0 unspecified atom stereocenters. The van der Waals surface area contributed by atoms with E-state index in [9.17, 15) is 8.42 Å². The van der Waals surface area contributed by atoms with Crippen molar-refractivity contribution in [1.29, 1.82) is 0 Å². The van der Waals surface area contributed by atoms with Gasteiger partial charge in [-0.25, -0.2) is 13.1 Å². The Labute approximate surface area is 78.5 Å². The lowest BCUT2D eigenvalue weighted by atomic mass is 10.4. The molecule has 0 aromatic heterocycles. The van der Waals surface area contributed by atoms with Crippen LogP contribution in [-0.4, -0.2) is 33.1 Å². The molecule has 0 saturated heterocycles. The summed E-state index contributed by atoms with van der Waals surface area (Å²) in [5.74, 6) is 0.471. The molecule has 0 amide bonds. The van der Waals surface area contributed by atoms with Gasteiger partial charge in [-0.1, -0.05) is 0 Å². The molecular formula is C6H15ClN2O2S. The Balaban J connectivity index is 3.58. The van der Waals surface area contributed by atoms with Crippen LogP contribution in [0.3, 0.4) is 0 Å². The van der Waals surface area contributed by atoms with E-state index < -0.39 is 10.0 Å². The molecule has 6 heteroatoms. The van der Waals surface area contributed by atoms with Gasteiger partial charge in [0.25, 0.3) is 0 Å². The Morgan fingerprint density at radius 1 is 1.33 bits per heavy atom. The van der Waals surface area contributed by atoms with Crippen molar-refractivity contribution in [3.05, 3.63) is 0 Å². The van der Waals surface area contributed by atoms with Gasteiger partial charge in [0.15, 0.2) is 0 Å². The molecule has 0 atom stereocenters. The Hall–Kier alpha value is 0.160. The van der Waals surface area contributed by atoms with Gasteiger partial charge in [0.1, 0.15) is 0 Å². The van der Waals surface area contributed by atoms with E-state index in [0.717, 1.165) is 0 Å². The van der Waals surface area contributed by atoms with Crippen molar-refractivity contribution in [2.24, 2.45) is 5.73 Å². The molecular weight excluding hydrogens is 200 g/mol. The molecule has 0 aromatic rings. The van der Waals surface area contributed by atoms with E-state index in [-0.39, 0.29) is 5.75 Å². The summed E-state index contributed by atoms with van der Waals surface area (Å²) in [6.45, 7) is 0.916. The summed E-state index contributed by atoms with van der Waals surface area (Å²) in [5.41, 5.74) is 5.20. The van der Waals surface area contributed by atoms with Crippen LogP contribution in [-0.2, 0) is 10.0 Å². The molecule has 0 fully saturated rings. The normalized spacial score (nSPS) is 11.8. The third-order valence-electron chi connectivity index (χ3n) is 1.25. The van der Waals surface area contributed by atoms with E-state index in [1.807, 2.05) is 0 Å². The first-order valence-corrected chi connectivity index (χ1v) is 6.04. The highest BCUT2D eigenvalue weighted by atomic mass is 35.5. The number of rotatable bonds is 7. The molecule has 0 bridgehead atoms. The van der Waals surface area contributed by atoms with Crippen molar-refractivity contribution in [3.8, 4) is 0 Å². The first-order valence-electron chi connectivity index (χ1n) is 3.86. The molecule has 74 valence electrons. The van der Waals surface area contributed by atoms with E-state index in [2.05, 4.69) is 4.72 Å². The molecule has 4 nitrogen and oxygen atoms in total. The molecule has 0 aromatic carbocycles. The van der Waals surface area contributed by atoms with Crippen LogP contribution in [0.5, 0.6) is 0 Å². The topological polar surface area (TPSA) is 72.2 Å². The largest absolute Gasteiger partial charge is 0.330 e. The first-order chi connectivity index (χ1) is 5.62. The highest BCUT2D eigenvalue weighted by Crippen LogP contribution is 1.91. The summed E-state index contributed by atoms with van der Waals surface area (Å²) in [5, 5.41) is 0. The molecule has 0 saturated carbocycles. The number of hydrogen-bond donors (Lipinski definition) is 2. The molecule has 0 heterocycles. The predicted octanol–water partition coefficient (Wildman–Crippen LogP) is -0.117. The average Bonchev–Trinajstić information content (AvgIpc) is 2.01. The maximum absolute atomic E-state index is 11.1. The lowest BCUT2D eigenvalue weighted by Gasteiger charge is -2.03. The Kier molecular flexibility index (Phi) is 6.74. The van der Waals surface area contributed by atoms with Crippen molar-refractivity contribution >= 4 is 21.6 Å². The summed E-state index contributed by atoms with van der Waals surface area (Å²) in [7, 11) is -3.11. The fourth-order valence-electron chi connectivity index (χ4n) is 0.646. The van der Waals surface area contributed by atoms with Crippen LogP contribution in [0.1, 0.15) is 12.8 Å². The van der Waals surface area contributed by atoms with E-state index in [1.54, 1.807) is 0 Å². The Bertz CT molecular complexity index is 194. The van der Waals surface area contributed by atoms with Crippen LogP contribution in [0.15, 0.2) is 0 Å². The first kappa shape index (κ1) is 12.2. The summed E-state index contributed by atoms with van der Waals surface area (Å²) in [6.07, 6.45) is 1.15. The standard InChI is InChI=1S/C6H15ClN2O2S/c7-3-1-6-12(10,11)9-5-2-4-8/h9H,1-6,8H2. The highest BCUT2D eigenvalue weighted by Gasteiger charge is 2.07. The number of alkyl halides is 1. The van der Waals surface area contributed by atoms with Gasteiger partial charge in [-0.2, -0.15) is 0 Å². The SMILES string of the molecule is NCCCNS(=O)(=O)CCCCl. The molecule has 0 aliphatic carbocycles. The van der Waals surface area contributed by atoms with Crippen molar-refractivity contribution in [1.82, 2.24) is 4.72 Å². The van der Waals surface area contributed by atoms with Crippen molar-refractivity contribution < 1.29 is 8.42 Å². The number of halogens is 1. The zero-order valence-corrected chi connectivity index (χ0v) is 8.50. The second-order valence-electron chi connectivity index (χ2n) is 2.40. The lowest BCUT2D eigenvalue weighted by Crippen LogP contribution is -2.28. The van der Waals surface area contributed by atoms with Crippen molar-refractivity contribution in [2.45, 2.75) is 12.8 Å². The van der Waals surface area contributed by atoms with Gasteiger partial charge in [-0.05, 0) is 19.4 Å². The molecule has 12 heavy (non-hydrogen) atoms. The number of sulfonamides is 1. The summed E-state index contributed by atoms with van der Waals surface area (Å²) in [4.78, 5) is 0. The number of hydrogen-bond acceptors (Lipinski definition) is 3. The lowest BCUT2D eigenvalue weighted by molar-refractivity contribution is 0.578. The smallest absolute Gasteiger partial charge is 0.211 e. The molecule has 0 aliphatic rings. The van der Waals surface area contributed by atoms with Crippen molar-refractivity contribution in [2.75, 3.05) is 24.7 Å². The predicted molar refractivity (Wildman–Crippen MR) is 50.8 cm³/mol. The second-order valence-corrected chi connectivity index (χ2v) is 4.70. The molecule has 3 N–H and O–H groups in total. The van der Waals surface area contributed by atoms with Crippen LogP contribution < -0.4 is 10.5 Å². The van der Waals surface area contributed by atoms with E-state index in [4.69, 9.17) is 17.3 Å². The van der Waals surface area contributed by atoms with Crippen LogP contribution in [0.25, 0.3) is 0 Å². The summed E-state index contributed by atoms with van der Waals surface area (Å²) < 4.78 is 24.5. The van der Waals surface area contributed by atoms with E-state index in [1.165, 1.54) is 0 Å². The van der Waals surface area contributed by atoms with Gasteiger partial charge in [0.05, 0.1) is 5.75 Å². The van der Waals surface area contributed by atoms with Gasteiger partial charge in [-0.3, -0.25) is 0 Å². The second kappa shape index (κ2) is 6.65. The van der Waals surface area contributed by atoms with Crippen LogP contribution in [0.4, 0.5) is 0 Å². The minimum atomic E-state index is -3.11. The highest BCUT2D eigenvalue weighted by molar-refractivity contribution is 7.89. The third kappa shape index (κ3) is 6.84. The maximum Gasteiger partial charge on any atom is 0.211 e. The summed E-state index contributed by atoms with van der Waals surface area (Å²) in [6, 6.07) is 0. The number of nitrogens with one attached hydrogen (secondary N) is 1. The number of nitrogens with two attached hydrogens (primary N) is 1. The minimum absolute atomic E-state index is 0.0983. The zero-order valence-electron chi connectivity index (χ0n) is 6.92. The molecule has 0 aliphatic heterocycles. The van der Waals surface area contributed by atoms with Crippen LogP contribution in [0.2, 0.25) is 0 Å².